The molecular formula is C26H25ClN4O3. The highest BCUT2D eigenvalue weighted by Crippen LogP contribution is 2.52. The molecule has 8 heteroatoms. The van der Waals surface area contributed by atoms with Gasteiger partial charge in [-0.25, -0.2) is 4.98 Å². The van der Waals surface area contributed by atoms with Gasteiger partial charge in [0.25, 0.3) is 11.5 Å². The third-order valence-electron chi connectivity index (χ3n) is 6.77. The van der Waals surface area contributed by atoms with E-state index in [1.165, 1.54) is 4.90 Å². The number of pyridine rings is 1. The topological polar surface area (TPSA) is 99.2 Å². The minimum Gasteiger partial charge on any atom is -0.378 e. The maximum absolute atomic E-state index is 13.1. The fourth-order valence-electron chi connectivity index (χ4n) is 4.55. The molecule has 1 fully saturated rings. The van der Waals surface area contributed by atoms with Crippen LogP contribution in [-0.4, -0.2) is 37.4 Å². The van der Waals surface area contributed by atoms with E-state index in [2.05, 4.69) is 22.6 Å². The maximum Gasteiger partial charge on any atom is 0.256 e. The zero-order valence-corrected chi connectivity index (χ0v) is 19.6. The van der Waals surface area contributed by atoms with Crippen LogP contribution in [0.25, 0.3) is 5.57 Å². The average Bonchev–Trinajstić information content (AvgIpc) is 3.65. The van der Waals surface area contributed by atoms with Crippen molar-refractivity contribution in [1.29, 1.82) is 0 Å². The zero-order valence-electron chi connectivity index (χ0n) is 18.8. The fraction of sp³-hybridized carbons (Fsp3) is 0.308. The molecule has 1 amide bonds. The van der Waals surface area contributed by atoms with Crippen LogP contribution in [-0.2, 0) is 23.2 Å². The monoisotopic (exact) mass is 476 g/mol. The summed E-state index contributed by atoms with van der Waals surface area (Å²) in [5.74, 6) is 0.188. The molecule has 34 heavy (non-hydrogen) atoms. The highest BCUT2D eigenvalue weighted by Gasteiger charge is 2.49. The molecule has 1 aliphatic carbocycles. The van der Waals surface area contributed by atoms with E-state index in [0.29, 0.717) is 40.6 Å². The van der Waals surface area contributed by atoms with Gasteiger partial charge in [0.2, 0.25) is 0 Å². The first kappa shape index (κ1) is 22.5. The average molecular weight is 477 g/mol. The van der Waals surface area contributed by atoms with Crippen LogP contribution in [0.5, 0.6) is 0 Å². The Bertz CT molecular complexity index is 1360. The number of rotatable bonds is 5. The number of allylic oxidation sites excluding steroid dienone is 1. The van der Waals surface area contributed by atoms with Crippen molar-refractivity contribution < 1.29 is 9.90 Å². The SMILES string of the molecule is C=C(C)c1cncc(C2(c3nc4c(c(=O)[nH]3)CN(C(=O)[C@H](O)c3cccc(Cl)c3)CC4)CC2)c1. The number of nitrogens with zero attached hydrogens (tertiary/aromatic N) is 3. The van der Waals surface area contributed by atoms with E-state index >= 15 is 0 Å². The summed E-state index contributed by atoms with van der Waals surface area (Å²) < 4.78 is 0. The van der Waals surface area contributed by atoms with Crippen LogP contribution in [0.2, 0.25) is 5.02 Å². The van der Waals surface area contributed by atoms with Crippen LogP contribution in [0, 0.1) is 0 Å². The number of nitrogens with one attached hydrogen (secondary N) is 1. The first-order valence-electron chi connectivity index (χ1n) is 11.2. The molecule has 0 unspecified atom stereocenters. The Balaban J connectivity index is 1.41. The number of amides is 1. The molecule has 1 aromatic carbocycles. The lowest BCUT2D eigenvalue weighted by atomic mass is 9.93. The third kappa shape index (κ3) is 3.95. The zero-order chi connectivity index (χ0) is 24.0. The number of aromatic amines is 1. The van der Waals surface area contributed by atoms with E-state index < -0.39 is 12.0 Å². The highest BCUT2D eigenvalue weighted by atomic mass is 35.5. The minimum absolute atomic E-state index is 0.105. The Hall–Kier alpha value is -3.29. The van der Waals surface area contributed by atoms with Gasteiger partial charge in [0.05, 0.1) is 23.2 Å². The van der Waals surface area contributed by atoms with Crippen molar-refractivity contribution in [2.45, 2.75) is 44.2 Å². The molecule has 1 aliphatic heterocycles. The van der Waals surface area contributed by atoms with Gasteiger partial charge in [0, 0.05) is 30.4 Å². The van der Waals surface area contributed by atoms with E-state index in [-0.39, 0.29) is 17.5 Å². The summed E-state index contributed by atoms with van der Waals surface area (Å²) in [4.78, 5) is 39.7. The number of carbonyl (C=O) groups is 1. The van der Waals surface area contributed by atoms with Gasteiger partial charge in [0.15, 0.2) is 6.10 Å². The van der Waals surface area contributed by atoms with Gasteiger partial charge < -0.3 is 15.0 Å². The normalized spacial score (nSPS) is 17.1. The first-order valence-corrected chi connectivity index (χ1v) is 11.6. The smallest absolute Gasteiger partial charge is 0.256 e. The summed E-state index contributed by atoms with van der Waals surface area (Å²) in [7, 11) is 0. The molecule has 0 radical (unpaired) electrons. The molecule has 3 heterocycles. The molecule has 5 rings (SSSR count). The van der Waals surface area contributed by atoms with Crippen molar-refractivity contribution in [3.8, 4) is 0 Å². The summed E-state index contributed by atoms with van der Waals surface area (Å²) in [6, 6.07) is 8.65. The van der Waals surface area contributed by atoms with Crippen LogP contribution in [0.3, 0.4) is 0 Å². The lowest BCUT2D eigenvalue weighted by Gasteiger charge is -2.30. The number of aliphatic hydroxyl groups is 1. The second-order valence-electron chi connectivity index (χ2n) is 9.13. The van der Waals surface area contributed by atoms with E-state index in [0.717, 1.165) is 29.5 Å². The molecule has 2 aliphatic rings. The van der Waals surface area contributed by atoms with Crippen molar-refractivity contribution in [3.05, 3.63) is 98.5 Å². The third-order valence-corrected chi connectivity index (χ3v) is 7.00. The van der Waals surface area contributed by atoms with Gasteiger partial charge in [-0.2, -0.15) is 0 Å². The van der Waals surface area contributed by atoms with Crippen LogP contribution in [0.1, 0.15) is 59.6 Å². The Labute approximate surface area is 202 Å². The summed E-state index contributed by atoms with van der Waals surface area (Å²) >= 11 is 5.99. The molecule has 174 valence electrons. The Morgan fingerprint density at radius 2 is 2.09 bits per heavy atom. The maximum atomic E-state index is 13.1. The van der Waals surface area contributed by atoms with Crippen molar-refractivity contribution in [2.24, 2.45) is 0 Å². The number of hydrogen-bond acceptors (Lipinski definition) is 5. The predicted octanol–water partition coefficient (Wildman–Crippen LogP) is 3.55. The van der Waals surface area contributed by atoms with Crippen LogP contribution in [0.4, 0.5) is 0 Å². The summed E-state index contributed by atoms with van der Waals surface area (Å²) in [5, 5.41) is 11.0. The Morgan fingerprint density at radius 1 is 1.29 bits per heavy atom. The van der Waals surface area contributed by atoms with Gasteiger partial charge in [-0.05, 0) is 60.2 Å². The first-order chi connectivity index (χ1) is 16.3. The number of hydrogen-bond donors (Lipinski definition) is 2. The number of benzene rings is 1. The standard InChI is InChI=1S/C26H25ClN4O3/c1-15(2)17-10-18(13-28-12-17)26(7-8-26)25-29-21-6-9-31(14-20(21)23(33)30-25)24(34)22(32)16-4-3-5-19(27)11-16/h3-5,10-13,22,32H,1,6-9,14H2,2H3,(H,29,30,33)/t22-/m1/s1. The summed E-state index contributed by atoms with van der Waals surface area (Å²) in [6.07, 6.45) is 4.49. The molecular weight excluding hydrogens is 452 g/mol. The molecule has 1 atom stereocenters. The minimum atomic E-state index is -1.34. The molecule has 7 nitrogen and oxygen atoms in total. The van der Waals surface area contributed by atoms with Crippen LogP contribution < -0.4 is 5.56 Å². The van der Waals surface area contributed by atoms with Gasteiger partial charge >= 0.3 is 0 Å². The number of carbonyl (C=O) groups excluding carboxylic acids is 1. The van der Waals surface area contributed by atoms with E-state index in [1.807, 2.05) is 13.1 Å². The fourth-order valence-corrected chi connectivity index (χ4v) is 4.75. The quantitative estimate of drug-likeness (QED) is 0.586. The van der Waals surface area contributed by atoms with Gasteiger partial charge in [0.1, 0.15) is 5.82 Å². The van der Waals surface area contributed by atoms with Crippen molar-refractivity contribution in [1.82, 2.24) is 19.9 Å². The van der Waals surface area contributed by atoms with Crippen molar-refractivity contribution in [3.63, 3.8) is 0 Å². The van der Waals surface area contributed by atoms with E-state index in [1.54, 1.807) is 30.5 Å². The number of halogens is 1. The van der Waals surface area contributed by atoms with Gasteiger partial charge in [-0.3, -0.25) is 14.6 Å². The number of H-pyrrole nitrogens is 1. The number of aromatic nitrogens is 3. The van der Waals surface area contributed by atoms with Crippen molar-refractivity contribution >= 4 is 23.1 Å². The van der Waals surface area contributed by atoms with E-state index in [4.69, 9.17) is 16.6 Å². The number of fused-ring (bicyclic) bond motifs is 1. The lowest BCUT2D eigenvalue weighted by molar-refractivity contribution is -0.141. The Kier molecular flexibility index (Phi) is 5.62. The largest absolute Gasteiger partial charge is 0.378 e. The Morgan fingerprint density at radius 3 is 2.79 bits per heavy atom. The predicted molar refractivity (Wildman–Crippen MR) is 129 cm³/mol. The molecule has 2 N–H and O–H groups in total. The van der Waals surface area contributed by atoms with Gasteiger partial charge in [-0.15, -0.1) is 0 Å². The molecule has 3 aromatic rings. The second kappa shape index (κ2) is 8.49. The lowest BCUT2D eigenvalue weighted by Crippen LogP contribution is -2.42. The molecule has 0 bridgehead atoms. The highest BCUT2D eigenvalue weighted by molar-refractivity contribution is 6.30. The summed E-state index contributed by atoms with van der Waals surface area (Å²) in [5.41, 5.74) is 3.92. The number of aliphatic hydroxyl groups excluding tert-OH is 1. The van der Waals surface area contributed by atoms with E-state index in [9.17, 15) is 14.7 Å². The van der Waals surface area contributed by atoms with Crippen molar-refractivity contribution in [2.75, 3.05) is 6.54 Å². The molecule has 0 spiro atoms. The van der Waals surface area contributed by atoms with Crippen LogP contribution >= 0.6 is 11.6 Å². The van der Waals surface area contributed by atoms with Crippen LogP contribution in [0.15, 0.2) is 54.1 Å². The van der Waals surface area contributed by atoms with Gasteiger partial charge in [-0.1, -0.05) is 30.3 Å². The molecule has 2 aromatic heterocycles. The molecule has 0 saturated heterocycles. The molecule has 1 saturated carbocycles. The summed E-state index contributed by atoms with van der Waals surface area (Å²) in [6.45, 7) is 6.42. The second-order valence-corrected chi connectivity index (χ2v) is 9.57.